The summed E-state index contributed by atoms with van der Waals surface area (Å²) >= 11 is 3.36. The van der Waals surface area contributed by atoms with Gasteiger partial charge in [0.05, 0.1) is 18.4 Å². The molecule has 0 bridgehead atoms. The van der Waals surface area contributed by atoms with Gasteiger partial charge in [0.25, 0.3) is 11.0 Å². The number of hydrogen-bond acceptors (Lipinski definition) is 6. The van der Waals surface area contributed by atoms with Gasteiger partial charge in [-0.3, -0.25) is 8.98 Å². The van der Waals surface area contributed by atoms with Gasteiger partial charge in [-0.2, -0.15) is 0 Å². The monoisotopic (exact) mass is 399 g/mol. The summed E-state index contributed by atoms with van der Waals surface area (Å²) in [5.74, 6) is 0.757. The summed E-state index contributed by atoms with van der Waals surface area (Å²) in [6.45, 7) is -0.00540. The van der Waals surface area contributed by atoms with Crippen molar-refractivity contribution in [3.05, 3.63) is 51.3 Å². The number of carbonyl (C=O) groups excluding carboxylic acids is 1. The van der Waals surface area contributed by atoms with Crippen LogP contribution in [-0.4, -0.2) is 26.0 Å². The number of carbonyl (C=O) groups is 1. The maximum Gasteiger partial charge on any atom is 0.257 e. The van der Waals surface area contributed by atoms with Crippen LogP contribution in [-0.2, 0) is 21.6 Å². The van der Waals surface area contributed by atoms with Gasteiger partial charge in [0.2, 0.25) is 0 Å². The summed E-state index contributed by atoms with van der Waals surface area (Å²) in [6, 6.07) is 5.28. The molecule has 1 aromatic heterocycles. The number of rotatable bonds is 7. The van der Waals surface area contributed by atoms with Crippen molar-refractivity contribution in [2.24, 2.45) is 0 Å². The predicted molar refractivity (Wildman–Crippen MR) is 86.0 cm³/mol. The first-order valence-electron chi connectivity index (χ1n) is 7.11. The summed E-state index contributed by atoms with van der Waals surface area (Å²) in [7, 11) is -2.89. The van der Waals surface area contributed by atoms with Crippen LogP contribution in [0, 0.1) is 0 Å². The van der Waals surface area contributed by atoms with Crippen molar-refractivity contribution in [3.63, 3.8) is 0 Å². The standard InChI is InChI=1S/C15H14BrNO5S/c16-11-3-4-12(10(7-11)5-6-21-23(19)20)14(18)13-8-17-22-15(13)9-1-2-9/h3-4,7-9,23H,1-2,5-6H2. The summed E-state index contributed by atoms with van der Waals surface area (Å²) in [4.78, 5) is 12.8. The predicted octanol–water partition coefficient (Wildman–Crippen LogP) is 2.63. The van der Waals surface area contributed by atoms with E-state index < -0.39 is 11.0 Å². The molecule has 0 aliphatic heterocycles. The average Bonchev–Trinajstić information content (AvgIpc) is 3.23. The van der Waals surface area contributed by atoms with E-state index in [9.17, 15) is 13.2 Å². The molecule has 1 heterocycles. The Labute approximate surface area is 143 Å². The van der Waals surface area contributed by atoms with E-state index >= 15 is 0 Å². The van der Waals surface area contributed by atoms with Gasteiger partial charge in [0.1, 0.15) is 0 Å². The van der Waals surface area contributed by atoms with Crippen molar-refractivity contribution in [3.8, 4) is 0 Å². The van der Waals surface area contributed by atoms with Crippen LogP contribution in [0.3, 0.4) is 0 Å². The molecule has 1 fully saturated rings. The fourth-order valence-electron chi connectivity index (χ4n) is 2.42. The number of hydrogen-bond donors (Lipinski definition) is 1. The minimum absolute atomic E-state index is 0.00540. The van der Waals surface area contributed by atoms with Gasteiger partial charge in [-0.1, -0.05) is 21.1 Å². The summed E-state index contributed by atoms with van der Waals surface area (Å²) in [6.07, 6.45) is 3.78. The van der Waals surface area contributed by atoms with Crippen molar-refractivity contribution >= 4 is 32.7 Å². The van der Waals surface area contributed by atoms with Gasteiger partial charge < -0.3 is 4.52 Å². The van der Waals surface area contributed by atoms with Crippen LogP contribution in [0.15, 0.2) is 33.4 Å². The fraction of sp³-hybridized carbons (Fsp3) is 0.333. The molecular weight excluding hydrogens is 386 g/mol. The third-order valence-corrected chi connectivity index (χ3v) is 4.56. The molecule has 1 aliphatic carbocycles. The average molecular weight is 400 g/mol. The van der Waals surface area contributed by atoms with Crippen LogP contribution in [0.1, 0.15) is 46.0 Å². The van der Waals surface area contributed by atoms with Crippen LogP contribution in [0.25, 0.3) is 0 Å². The Balaban J connectivity index is 1.88. The fourth-order valence-corrected chi connectivity index (χ4v) is 3.07. The Morgan fingerprint density at radius 2 is 2.13 bits per heavy atom. The first-order chi connectivity index (χ1) is 11.1. The maximum atomic E-state index is 12.8. The Morgan fingerprint density at radius 3 is 2.83 bits per heavy atom. The summed E-state index contributed by atoms with van der Waals surface area (Å²) in [5, 5.41) is 3.75. The molecule has 1 aliphatic rings. The molecule has 2 aromatic rings. The van der Waals surface area contributed by atoms with Gasteiger partial charge >= 0.3 is 0 Å². The van der Waals surface area contributed by atoms with Crippen LogP contribution in [0.4, 0.5) is 0 Å². The maximum absolute atomic E-state index is 12.8. The lowest BCUT2D eigenvalue weighted by atomic mass is 9.96. The van der Waals surface area contributed by atoms with Crippen molar-refractivity contribution in [1.82, 2.24) is 5.16 Å². The van der Waals surface area contributed by atoms with E-state index in [4.69, 9.17) is 4.52 Å². The molecule has 0 spiro atoms. The second-order valence-electron chi connectivity index (χ2n) is 5.32. The Morgan fingerprint density at radius 1 is 1.35 bits per heavy atom. The van der Waals surface area contributed by atoms with E-state index in [0.29, 0.717) is 28.9 Å². The highest BCUT2D eigenvalue weighted by molar-refractivity contribution is 9.10. The SMILES string of the molecule is O=C(c1ccc(Br)cc1CCO[SH](=O)=O)c1cnoc1C1CC1. The van der Waals surface area contributed by atoms with Gasteiger partial charge in [0, 0.05) is 16.0 Å². The minimum atomic E-state index is -2.89. The normalized spacial score (nSPS) is 14.3. The molecular formula is C15H14BrNO5S. The van der Waals surface area contributed by atoms with E-state index in [-0.39, 0.29) is 18.3 Å². The molecule has 6 nitrogen and oxygen atoms in total. The van der Waals surface area contributed by atoms with Crippen LogP contribution in [0.5, 0.6) is 0 Å². The van der Waals surface area contributed by atoms with Crippen molar-refractivity contribution < 1.29 is 21.9 Å². The second-order valence-corrected chi connectivity index (χ2v) is 6.94. The Hall–Kier alpha value is -1.51. The van der Waals surface area contributed by atoms with Crippen LogP contribution >= 0.6 is 15.9 Å². The zero-order valence-corrected chi connectivity index (χ0v) is 14.5. The van der Waals surface area contributed by atoms with Gasteiger partial charge in [-0.15, -0.1) is 0 Å². The zero-order chi connectivity index (χ0) is 16.4. The van der Waals surface area contributed by atoms with Gasteiger partial charge in [-0.25, -0.2) is 8.42 Å². The highest BCUT2D eigenvalue weighted by atomic mass is 79.9. The topological polar surface area (TPSA) is 86.5 Å². The lowest BCUT2D eigenvalue weighted by Crippen LogP contribution is -2.09. The molecule has 1 aromatic carbocycles. The first kappa shape index (κ1) is 16.4. The quantitative estimate of drug-likeness (QED) is 0.568. The van der Waals surface area contributed by atoms with E-state index in [0.717, 1.165) is 17.3 Å². The molecule has 0 atom stereocenters. The molecule has 3 rings (SSSR count). The molecule has 1 saturated carbocycles. The number of ketones is 1. The van der Waals surface area contributed by atoms with E-state index in [2.05, 4.69) is 25.3 Å². The molecule has 23 heavy (non-hydrogen) atoms. The summed E-state index contributed by atoms with van der Waals surface area (Å²) < 4.78 is 31.6. The zero-order valence-electron chi connectivity index (χ0n) is 12.0. The van der Waals surface area contributed by atoms with Crippen molar-refractivity contribution in [2.45, 2.75) is 25.2 Å². The largest absolute Gasteiger partial charge is 0.360 e. The highest BCUT2D eigenvalue weighted by Gasteiger charge is 2.33. The van der Waals surface area contributed by atoms with E-state index in [1.165, 1.54) is 6.20 Å². The van der Waals surface area contributed by atoms with Gasteiger partial charge in [0.15, 0.2) is 11.5 Å². The third kappa shape index (κ3) is 3.88. The number of halogens is 1. The highest BCUT2D eigenvalue weighted by Crippen LogP contribution is 2.42. The second kappa shape index (κ2) is 6.94. The van der Waals surface area contributed by atoms with Crippen molar-refractivity contribution in [2.75, 3.05) is 6.61 Å². The Bertz CT molecular complexity index is 802. The number of thiol groups is 1. The minimum Gasteiger partial charge on any atom is -0.360 e. The number of nitrogens with zero attached hydrogens (tertiary/aromatic N) is 1. The van der Waals surface area contributed by atoms with E-state index in [1.807, 2.05) is 0 Å². The molecule has 122 valence electrons. The lowest BCUT2D eigenvalue weighted by Gasteiger charge is -2.08. The molecule has 0 N–H and O–H groups in total. The van der Waals surface area contributed by atoms with Crippen molar-refractivity contribution in [1.29, 1.82) is 0 Å². The van der Waals surface area contributed by atoms with Crippen LogP contribution < -0.4 is 0 Å². The van der Waals surface area contributed by atoms with Gasteiger partial charge in [-0.05, 0) is 43.0 Å². The third-order valence-electron chi connectivity index (χ3n) is 3.67. The molecule has 0 radical (unpaired) electrons. The van der Waals surface area contributed by atoms with Crippen LogP contribution in [0.2, 0.25) is 0 Å². The molecule has 0 saturated heterocycles. The number of benzene rings is 1. The molecule has 0 amide bonds. The molecule has 8 heteroatoms. The Kier molecular flexibility index (Phi) is 4.93. The number of aromatic nitrogens is 1. The molecule has 0 unspecified atom stereocenters. The lowest BCUT2D eigenvalue weighted by molar-refractivity contribution is 0.103. The van der Waals surface area contributed by atoms with E-state index in [1.54, 1.807) is 18.2 Å². The smallest absolute Gasteiger partial charge is 0.257 e. The first-order valence-corrected chi connectivity index (χ1v) is 9.00. The summed E-state index contributed by atoms with van der Waals surface area (Å²) in [5.41, 5.74) is 1.69.